The van der Waals surface area contributed by atoms with E-state index in [-0.39, 0.29) is 23.3 Å². The van der Waals surface area contributed by atoms with Gasteiger partial charge in [0.25, 0.3) is 0 Å². The maximum atomic E-state index is 8.76. The van der Waals surface area contributed by atoms with E-state index >= 15 is 0 Å². The van der Waals surface area contributed by atoms with Crippen LogP contribution in [0.25, 0.3) is 0 Å². The summed E-state index contributed by atoms with van der Waals surface area (Å²) in [5.74, 6) is 1.39. The Bertz CT molecular complexity index is 991. The second-order valence-corrected chi connectivity index (χ2v) is 9.59. The molecular weight excluding hydrogens is 391 g/mol. The average molecular weight is 424 g/mol. The van der Waals surface area contributed by atoms with Gasteiger partial charge in [-0.05, 0) is 45.7 Å². The summed E-state index contributed by atoms with van der Waals surface area (Å²) in [6, 6.07) is 7.76. The molecule has 8 heteroatoms. The first-order valence-corrected chi connectivity index (χ1v) is 10.9. The predicted octanol–water partition coefficient (Wildman–Crippen LogP) is 2.25. The number of ether oxygens (including phenoxy) is 1. The highest BCUT2D eigenvalue weighted by Gasteiger charge is 2.52. The van der Waals surface area contributed by atoms with Crippen LogP contribution < -0.4 is 15.1 Å². The van der Waals surface area contributed by atoms with E-state index in [1.807, 2.05) is 50.9 Å². The van der Waals surface area contributed by atoms with Crippen molar-refractivity contribution in [3.8, 4) is 5.88 Å². The van der Waals surface area contributed by atoms with Crippen molar-refractivity contribution in [2.24, 2.45) is 0 Å². The molecule has 0 saturated carbocycles. The van der Waals surface area contributed by atoms with Crippen LogP contribution in [0, 0.1) is 0 Å². The number of anilines is 1. The summed E-state index contributed by atoms with van der Waals surface area (Å²) in [6.45, 7) is 8.07. The molecule has 0 aromatic carbocycles. The lowest BCUT2D eigenvalue weighted by Gasteiger charge is -2.56. The van der Waals surface area contributed by atoms with Crippen molar-refractivity contribution < 1.29 is 16.8 Å². The lowest BCUT2D eigenvalue weighted by Crippen LogP contribution is -2.68. The summed E-state index contributed by atoms with van der Waals surface area (Å²) in [5.41, 5.74) is 0.694. The number of hydrogen-bond acceptors (Lipinski definition) is 7. The molecule has 0 aliphatic carbocycles. The third-order valence-electron chi connectivity index (χ3n) is 7.02. The smallest absolute Gasteiger partial charge is 0.481 e. The van der Waals surface area contributed by atoms with Crippen LogP contribution in [-0.4, -0.2) is 65.5 Å². The number of methoxy groups -OCH3 is 1. The van der Waals surface area contributed by atoms with Crippen molar-refractivity contribution in [2.75, 3.05) is 25.1 Å². The van der Waals surface area contributed by atoms with E-state index in [0.29, 0.717) is 11.4 Å². The average Bonchev–Trinajstić information content (AvgIpc) is 3.00. The first kappa shape index (κ1) is 18.4. The van der Waals surface area contributed by atoms with Gasteiger partial charge in [0.1, 0.15) is 5.82 Å². The topological polar surface area (TPSA) is 60.0 Å². The number of fused-ring (bicyclic) bond motifs is 2. The molecule has 7 nitrogen and oxygen atoms in total. The number of aromatic nitrogens is 2. The van der Waals surface area contributed by atoms with Crippen LogP contribution in [0.3, 0.4) is 0 Å². The molecule has 2 atom stereocenters. The monoisotopic (exact) mass is 424 g/mol. The quantitative estimate of drug-likeness (QED) is 0.683. The van der Waals surface area contributed by atoms with Gasteiger partial charge in [-0.15, -0.1) is 0 Å². The normalized spacial score (nSPS) is 28.0. The van der Waals surface area contributed by atoms with E-state index in [4.69, 9.17) is 21.8 Å². The van der Waals surface area contributed by atoms with Crippen LogP contribution in [-0.2, 0) is 15.8 Å². The van der Waals surface area contributed by atoms with Gasteiger partial charge in [-0.2, -0.15) is 0 Å². The van der Waals surface area contributed by atoms with Gasteiger partial charge in [0.05, 0.1) is 18.3 Å². The van der Waals surface area contributed by atoms with E-state index in [0.717, 1.165) is 30.8 Å². The van der Waals surface area contributed by atoms with E-state index in [2.05, 4.69) is 9.88 Å². The molecule has 6 heterocycles. The maximum Gasteiger partial charge on any atom is 0.496 e. The summed E-state index contributed by atoms with van der Waals surface area (Å²) < 4.78 is 34.9. The van der Waals surface area contributed by atoms with Crippen LogP contribution in [0.5, 0.6) is 5.88 Å². The Balaban J connectivity index is 1.26. The van der Waals surface area contributed by atoms with Gasteiger partial charge in [-0.1, -0.05) is 12.1 Å². The molecule has 0 spiro atoms. The zero-order chi connectivity index (χ0) is 23.6. The van der Waals surface area contributed by atoms with Crippen LogP contribution in [0.2, 0.25) is 0 Å². The molecule has 2 aromatic heterocycles. The summed E-state index contributed by atoms with van der Waals surface area (Å²) in [4.78, 5) is 13.1. The number of nitrogens with zero attached hydrogens (tertiary/aromatic N) is 4. The minimum Gasteiger partial charge on any atom is -0.481 e. The zero-order valence-corrected chi connectivity index (χ0v) is 18.8. The van der Waals surface area contributed by atoms with Crippen molar-refractivity contribution in [1.29, 1.82) is 0 Å². The van der Waals surface area contributed by atoms with Gasteiger partial charge in [-0.25, -0.2) is 9.97 Å². The zero-order valence-electron chi connectivity index (χ0n) is 20.8. The van der Waals surface area contributed by atoms with Crippen LogP contribution >= 0.6 is 0 Å². The highest BCUT2D eigenvalue weighted by atomic mass is 16.7. The lowest BCUT2D eigenvalue weighted by atomic mass is 9.80. The van der Waals surface area contributed by atoms with Gasteiger partial charge in [0.15, 0.2) is 0 Å². The van der Waals surface area contributed by atoms with Crippen molar-refractivity contribution in [1.82, 2.24) is 14.9 Å². The molecular formula is C23H31BN4O3. The molecule has 0 N–H and O–H groups in total. The summed E-state index contributed by atoms with van der Waals surface area (Å²) in [7, 11) is 1.13. The molecule has 164 valence electrons. The molecule has 0 radical (unpaired) electrons. The third-order valence-corrected chi connectivity index (χ3v) is 7.02. The molecule has 31 heavy (non-hydrogen) atoms. The largest absolute Gasteiger partial charge is 0.496 e. The SMILES string of the molecule is [2H]C([2H])(c1ccc(OC)nc1)N1C2CC1CN(c1ccc(B3OC(C)(C)C(C)(C)O3)cn1)C2. The molecule has 4 saturated heterocycles. The molecule has 4 aliphatic rings. The Morgan fingerprint density at radius 2 is 1.77 bits per heavy atom. The molecule has 4 fully saturated rings. The van der Waals surface area contributed by atoms with Gasteiger partial charge in [0.2, 0.25) is 5.88 Å². The van der Waals surface area contributed by atoms with Crippen LogP contribution in [0.4, 0.5) is 5.82 Å². The lowest BCUT2D eigenvalue weighted by molar-refractivity contribution is -0.00876. The standard InChI is InChI=1S/C23H31BN4O3/c1-22(2)23(3,4)31-24(30-22)17-7-8-20(25-12-17)27-14-18-10-19(15-27)28(18)13-16-6-9-21(29-5)26-11-16/h6-9,11-12,18-19H,10,13-15H2,1-5H3/i13D2. The Kier molecular flexibility index (Phi) is 4.44. The molecule has 2 aromatic rings. The fourth-order valence-corrected chi connectivity index (χ4v) is 4.40. The fraction of sp³-hybridized carbons (Fsp3) is 0.565. The maximum absolute atomic E-state index is 8.76. The van der Waals surface area contributed by atoms with Gasteiger partial charge in [0, 0.05) is 58.3 Å². The number of piperidine rings is 1. The molecule has 6 rings (SSSR count). The van der Waals surface area contributed by atoms with E-state index in [1.165, 1.54) is 0 Å². The summed E-state index contributed by atoms with van der Waals surface area (Å²) in [6.07, 6.45) is 4.39. The Morgan fingerprint density at radius 1 is 1.06 bits per heavy atom. The van der Waals surface area contributed by atoms with Crippen LogP contribution in [0.1, 0.15) is 42.4 Å². The van der Waals surface area contributed by atoms with Crippen molar-refractivity contribution in [2.45, 2.75) is 63.9 Å². The number of rotatable bonds is 5. The first-order chi connectivity index (χ1) is 15.5. The number of piperazine rings is 1. The third kappa shape index (κ3) is 3.71. The minimum absolute atomic E-state index is 0.130. The first-order valence-electron chi connectivity index (χ1n) is 11.9. The predicted molar refractivity (Wildman–Crippen MR) is 121 cm³/mol. The van der Waals surface area contributed by atoms with Gasteiger partial charge in [-0.3, -0.25) is 4.90 Å². The van der Waals surface area contributed by atoms with E-state index in [1.54, 1.807) is 25.4 Å². The van der Waals surface area contributed by atoms with Gasteiger partial charge < -0.3 is 18.9 Å². The second-order valence-electron chi connectivity index (χ2n) is 9.59. The van der Waals surface area contributed by atoms with Crippen molar-refractivity contribution >= 4 is 18.4 Å². The number of hydrogen-bond donors (Lipinski definition) is 0. The highest BCUT2D eigenvalue weighted by molar-refractivity contribution is 6.62. The Morgan fingerprint density at radius 3 is 2.32 bits per heavy atom. The molecule has 2 unspecified atom stereocenters. The van der Waals surface area contributed by atoms with E-state index < -0.39 is 13.6 Å². The van der Waals surface area contributed by atoms with Gasteiger partial charge >= 0.3 is 7.12 Å². The van der Waals surface area contributed by atoms with E-state index in [9.17, 15) is 0 Å². The Labute approximate surface area is 187 Å². The summed E-state index contributed by atoms with van der Waals surface area (Å²) in [5, 5.41) is 0. The number of pyridine rings is 2. The Hall–Kier alpha value is -2.16. The summed E-state index contributed by atoms with van der Waals surface area (Å²) >= 11 is 0. The molecule has 0 amide bonds. The fourth-order valence-electron chi connectivity index (χ4n) is 4.40. The minimum atomic E-state index is -1.58. The van der Waals surface area contributed by atoms with Crippen molar-refractivity contribution in [3.05, 3.63) is 42.2 Å². The molecule has 2 bridgehead atoms. The molecule has 4 aliphatic heterocycles. The van der Waals surface area contributed by atoms with Crippen molar-refractivity contribution in [3.63, 3.8) is 0 Å². The second kappa shape index (κ2) is 7.47. The highest BCUT2D eigenvalue weighted by Crippen LogP contribution is 2.37. The van der Waals surface area contributed by atoms with Crippen LogP contribution in [0.15, 0.2) is 36.7 Å².